The van der Waals surface area contributed by atoms with E-state index >= 15 is 0 Å². The van der Waals surface area contributed by atoms with Crippen molar-refractivity contribution in [3.8, 4) is 11.5 Å². The summed E-state index contributed by atoms with van der Waals surface area (Å²) < 4.78 is 18.6. The number of hydrogen-bond acceptors (Lipinski definition) is 4. The number of nitrogens with one attached hydrogen (secondary N) is 1. The van der Waals surface area contributed by atoms with Crippen LogP contribution in [-0.4, -0.2) is 42.7 Å². The molecule has 0 saturated heterocycles. The first kappa shape index (κ1) is 24.2. The molecule has 1 heterocycles. The number of benzene rings is 2. The molecule has 0 bridgehead atoms. The van der Waals surface area contributed by atoms with Crippen LogP contribution in [0, 0.1) is 5.82 Å². The Morgan fingerprint density at radius 1 is 1.17 bits per heavy atom. The first-order chi connectivity index (χ1) is 14.1. The quantitative estimate of drug-likeness (QED) is 0.196. The number of aliphatic imine (C=N–C) groups is 1. The lowest BCUT2D eigenvalue weighted by molar-refractivity contribution is 0.477. The second-order valence-corrected chi connectivity index (χ2v) is 7.46. The predicted molar refractivity (Wildman–Crippen MR) is 132 cm³/mol. The fourth-order valence-electron chi connectivity index (χ4n) is 2.91. The highest BCUT2D eigenvalue weighted by molar-refractivity contribution is 14.0. The standard InChI is InChI=1S/C22H25FN4OS.HI/c1-24-22(27(2)14-16-4-10-20(29-3)11-5-16)25-13-12-19-15-28-21(26-19)17-6-8-18(23)9-7-17;/h4-11,15H,12-14H2,1-3H3,(H,24,25);1H. The summed E-state index contributed by atoms with van der Waals surface area (Å²) in [6, 6.07) is 14.7. The van der Waals surface area contributed by atoms with Gasteiger partial charge < -0.3 is 14.6 Å². The third kappa shape index (κ3) is 6.73. The molecule has 1 N–H and O–H groups in total. The van der Waals surface area contributed by atoms with E-state index in [9.17, 15) is 4.39 Å². The Bertz CT molecular complexity index is 945. The van der Waals surface area contributed by atoms with Crippen LogP contribution in [0.4, 0.5) is 4.39 Å². The Morgan fingerprint density at radius 3 is 2.50 bits per heavy atom. The summed E-state index contributed by atoms with van der Waals surface area (Å²) >= 11 is 1.74. The van der Waals surface area contributed by atoms with E-state index in [2.05, 4.69) is 50.7 Å². The van der Waals surface area contributed by atoms with E-state index in [1.54, 1.807) is 37.2 Å². The van der Waals surface area contributed by atoms with E-state index in [0.717, 1.165) is 23.8 Å². The fourth-order valence-corrected chi connectivity index (χ4v) is 3.32. The lowest BCUT2D eigenvalue weighted by Gasteiger charge is -2.22. The first-order valence-corrected chi connectivity index (χ1v) is 10.6. The number of hydrogen-bond donors (Lipinski definition) is 1. The normalized spacial score (nSPS) is 11.1. The van der Waals surface area contributed by atoms with Gasteiger partial charge in [0.15, 0.2) is 5.96 Å². The van der Waals surface area contributed by atoms with Crippen molar-refractivity contribution in [2.24, 2.45) is 4.99 Å². The zero-order valence-electron chi connectivity index (χ0n) is 17.3. The highest BCUT2D eigenvalue weighted by atomic mass is 127. The molecule has 2 aromatic carbocycles. The molecule has 1 aromatic heterocycles. The highest BCUT2D eigenvalue weighted by Gasteiger charge is 2.09. The van der Waals surface area contributed by atoms with Crippen LogP contribution in [0.2, 0.25) is 0 Å². The van der Waals surface area contributed by atoms with E-state index in [0.29, 0.717) is 18.9 Å². The summed E-state index contributed by atoms with van der Waals surface area (Å²) in [7, 11) is 3.79. The Morgan fingerprint density at radius 2 is 1.87 bits per heavy atom. The van der Waals surface area contributed by atoms with E-state index < -0.39 is 0 Å². The molecule has 0 fully saturated rings. The Hall–Kier alpha value is -2.07. The SMILES string of the molecule is CN=C(NCCc1coc(-c2ccc(F)cc2)n1)N(C)Cc1ccc(SC)cc1.I. The van der Waals surface area contributed by atoms with Crippen molar-refractivity contribution >= 4 is 41.7 Å². The van der Waals surface area contributed by atoms with Crippen molar-refractivity contribution in [1.29, 1.82) is 0 Å². The number of guanidine groups is 1. The summed E-state index contributed by atoms with van der Waals surface area (Å²) in [6.07, 6.45) is 4.41. The maximum absolute atomic E-state index is 13.0. The maximum atomic E-state index is 13.0. The van der Waals surface area contributed by atoms with Gasteiger partial charge in [0.1, 0.15) is 12.1 Å². The molecular formula is C22H26FIN4OS. The molecule has 30 heavy (non-hydrogen) atoms. The van der Waals surface area contributed by atoms with E-state index in [-0.39, 0.29) is 29.8 Å². The van der Waals surface area contributed by atoms with Crippen molar-refractivity contribution < 1.29 is 8.81 Å². The molecule has 0 radical (unpaired) electrons. The van der Waals surface area contributed by atoms with Crippen LogP contribution in [0.1, 0.15) is 11.3 Å². The molecule has 0 aliphatic rings. The van der Waals surface area contributed by atoms with Crippen molar-refractivity contribution in [2.45, 2.75) is 17.9 Å². The van der Waals surface area contributed by atoms with Gasteiger partial charge in [-0.25, -0.2) is 9.37 Å². The van der Waals surface area contributed by atoms with Gasteiger partial charge in [0.25, 0.3) is 0 Å². The van der Waals surface area contributed by atoms with Crippen LogP contribution in [0.25, 0.3) is 11.5 Å². The molecule has 0 unspecified atom stereocenters. The van der Waals surface area contributed by atoms with E-state index in [4.69, 9.17) is 4.42 Å². The van der Waals surface area contributed by atoms with Gasteiger partial charge in [0, 0.05) is 44.1 Å². The number of thioether (sulfide) groups is 1. The fraction of sp³-hybridized carbons (Fsp3) is 0.273. The summed E-state index contributed by atoms with van der Waals surface area (Å²) in [5.41, 5.74) is 2.82. The average Bonchev–Trinajstić information content (AvgIpc) is 3.21. The van der Waals surface area contributed by atoms with Crippen LogP contribution < -0.4 is 5.32 Å². The molecule has 0 spiro atoms. The van der Waals surface area contributed by atoms with Gasteiger partial charge in [-0.1, -0.05) is 12.1 Å². The van der Waals surface area contributed by atoms with Gasteiger partial charge in [0.05, 0.1) is 5.69 Å². The van der Waals surface area contributed by atoms with Gasteiger partial charge in [-0.2, -0.15) is 0 Å². The average molecular weight is 540 g/mol. The monoisotopic (exact) mass is 540 g/mol. The second-order valence-electron chi connectivity index (χ2n) is 6.58. The zero-order valence-corrected chi connectivity index (χ0v) is 20.4. The molecule has 0 aliphatic heterocycles. The Kier molecular flexibility index (Phi) is 9.64. The van der Waals surface area contributed by atoms with Crippen molar-refractivity contribution in [3.63, 3.8) is 0 Å². The molecule has 5 nitrogen and oxygen atoms in total. The Balaban J connectivity index is 0.00000320. The third-order valence-corrected chi connectivity index (χ3v) is 5.20. The summed E-state index contributed by atoms with van der Waals surface area (Å²) in [6.45, 7) is 1.45. The van der Waals surface area contributed by atoms with Gasteiger partial charge in [-0.05, 0) is 48.2 Å². The molecule has 0 amide bonds. The third-order valence-electron chi connectivity index (χ3n) is 4.46. The first-order valence-electron chi connectivity index (χ1n) is 9.34. The van der Waals surface area contributed by atoms with Crippen LogP contribution in [0.15, 0.2) is 69.1 Å². The molecule has 8 heteroatoms. The van der Waals surface area contributed by atoms with Crippen LogP contribution in [0.3, 0.4) is 0 Å². The Labute approximate surface area is 198 Å². The van der Waals surface area contributed by atoms with Crippen LogP contribution in [0.5, 0.6) is 0 Å². The second kappa shape index (κ2) is 11.9. The lowest BCUT2D eigenvalue weighted by Crippen LogP contribution is -2.39. The van der Waals surface area contributed by atoms with E-state index in [1.165, 1.54) is 22.6 Å². The highest BCUT2D eigenvalue weighted by Crippen LogP contribution is 2.19. The van der Waals surface area contributed by atoms with Gasteiger partial charge >= 0.3 is 0 Å². The number of nitrogens with zero attached hydrogens (tertiary/aromatic N) is 3. The van der Waals surface area contributed by atoms with Crippen molar-refractivity contribution in [2.75, 3.05) is 26.9 Å². The molecule has 3 aromatic rings. The number of oxazole rings is 1. The minimum atomic E-state index is -0.277. The van der Waals surface area contributed by atoms with Crippen molar-refractivity contribution in [1.82, 2.24) is 15.2 Å². The van der Waals surface area contributed by atoms with Gasteiger partial charge in [-0.3, -0.25) is 4.99 Å². The zero-order chi connectivity index (χ0) is 20.6. The molecular weight excluding hydrogens is 514 g/mol. The van der Waals surface area contributed by atoms with Crippen LogP contribution in [-0.2, 0) is 13.0 Å². The smallest absolute Gasteiger partial charge is 0.226 e. The summed E-state index contributed by atoms with van der Waals surface area (Å²) in [5.74, 6) is 1.04. The topological polar surface area (TPSA) is 53.7 Å². The molecule has 160 valence electrons. The van der Waals surface area contributed by atoms with Gasteiger partial charge in [0.2, 0.25) is 5.89 Å². The van der Waals surface area contributed by atoms with Crippen LogP contribution >= 0.6 is 35.7 Å². The molecule has 0 saturated carbocycles. The van der Waals surface area contributed by atoms with E-state index in [1.807, 2.05) is 7.05 Å². The molecule has 0 aliphatic carbocycles. The number of rotatable bonds is 7. The summed E-state index contributed by atoms with van der Waals surface area (Å²) in [4.78, 5) is 12.2. The summed E-state index contributed by atoms with van der Waals surface area (Å²) in [5, 5.41) is 3.36. The minimum Gasteiger partial charge on any atom is -0.444 e. The number of halogens is 2. The predicted octanol–water partition coefficient (Wildman–Crippen LogP) is 5.07. The minimum absolute atomic E-state index is 0. The van der Waals surface area contributed by atoms with Gasteiger partial charge in [-0.15, -0.1) is 35.7 Å². The number of aromatic nitrogens is 1. The molecule has 3 rings (SSSR count). The largest absolute Gasteiger partial charge is 0.444 e. The molecule has 0 atom stereocenters. The maximum Gasteiger partial charge on any atom is 0.226 e. The lowest BCUT2D eigenvalue weighted by atomic mass is 10.2. The van der Waals surface area contributed by atoms with Crippen molar-refractivity contribution in [3.05, 3.63) is 71.9 Å².